The van der Waals surface area contributed by atoms with Crippen LogP contribution in [0.5, 0.6) is 0 Å². The predicted octanol–water partition coefficient (Wildman–Crippen LogP) is 4.67. The van der Waals surface area contributed by atoms with Gasteiger partial charge in [0.25, 0.3) is 0 Å². The number of nitrogens with one attached hydrogen (secondary N) is 2. The summed E-state index contributed by atoms with van der Waals surface area (Å²) in [4.78, 5) is 25.5. The van der Waals surface area contributed by atoms with E-state index in [0.29, 0.717) is 23.8 Å². The van der Waals surface area contributed by atoms with Gasteiger partial charge >= 0.3 is 6.03 Å². The first kappa shape index (κ1) is 19.8. The molecule has 3 aromatic heterocycles. The SMILES string of the molecule is Cc1c(Cl)cccc1NC(=O)NCCCn1c(-c2ccncc2)nc2cccnc21. The Bertz CT molecular complexity index is 1170. The Morgan fingerprint density at radius 1 is 1.10 bits per heavy atom. The second kappa shape index (κ2) is 8.92. The molecular weight excluding hydrogens is 400 g/mol. The summed E-state index contributed by atoms with van der Waals surface area (Å²) in [6.07, 6.45) is 5.98. The van der Waals surface area contributed by atoms with Gasteiger partial charge in [0.05, 0.1) is 0 Å². The minimum atomic E-state index is -0.261. The number of halogens is 1. The van der Waals surface area contributed by atoms with Gasteiger partial charge in [-0.15, -0.1) is 0 Å². The average molecular weight is 421 g/mol. The number of hydrogen-bond donors (Lipinski definition) is 2. The zero-order valence-electron chi connectivity index (χ0n) is 16.5. The van der Waals surface area contributed by atoms with Crippen LogP contribution in [0.2, 0.25) is 5.02 Å². The van der Waals surface area contributed by atoms with Crippen molar-refractivity contribution < 1.29 is 4.79 Å². The molecule has 3 heterocycles. The number of carbonyl (C=O) groups is 1. The molecule has 0 aliphatic heterocycles. The van der Waals surface area contributed by atoms with Gasteiger partial charge in [0.15, 0.2) is 5.65 Å². The minimum Gasteiger partial charge on any atom is -0.338 e. The molecule has 0 saturated heterocycles. The third-order valence-electron chi connectivity index (χ3n) is 4.80. The molecule has 0 bridgehead atoms. The molecular formula is C22H21ClN6O. The van der Waals surface area contributed by atoms with E-state index in [1.54, 1.807) is 24.7 Å². The molecule has 2 N–H and O–H groups in total. The maximum atomic E-state index is 12.2. The van der Waals surface area contributed by atoms with Gasteiger partial charge in [-0.3, -0.25) is 4.98 Å². The van der Waals surface area contributed by atoms with Crippen molar-refractivity contribution in [2.24, 2.45) is 0 Å². The highest BCUT2D eigenvalue weighted by atomic mass is 35.5. The van der Waals surface area contributed by atoms with E-state index in [1.165, 1.54) is 0 Å². The molecule has 4 aromatic rings. The number of aryl methyl sites for hydroxylation is 1. The Labute approximate surface area is 179 Å². The lowest BCUT2D eigenvalue weighted by molar-refractivity contribution is 0.252. The molecule has 4 rings (SSSR count). The number of imidazole rings is 1. The lowest BCUT2D eigenvalue weighted by Gasteiger charge is -2.12. The molecule has 0 fully saturated rings. The Morgan fingerprint density at radius 2 is 1.93 bits per heavy atom. The molecule has 0 aliphatic carbocycles. The number of hydrogen-bond acceptors (Lipinski definition) is 4. The van der Waals surface area contributed by atoms with Gasteiger partial charge in [-0.1, -0.05) is 17.7 Å². The van der Waals surface area contributed by atoms with Crippen molar-refractivity contribution in [3.05, 3.63) is 71.6 Å². The Kier molecular flexibility index (Phi) is 5.90. The number of amides is 2. The second-order valence-corrected chi connectivity index (χ2v) is 7.22. The number of pyridine rings is 2. The van der Waals surface area contributed by atoms with Crippen LogP contribution in [0, 0.1) is 6.92 Å². The van der Waals surface area contributed by atoms with Crippen LogP contribution in [0.25, 0.3) is 22.6 Å². The summed E-state index contributed by atoms with van der Waals surface area (Å²) < 4.78 is 2.07. The zero-order valence-corrected chi connectivity index (χ0v) is 17.2. The van der Waals surface area contributed by atoms with Crippen molar-refractivity contribution in [2.75, 3.05) is 11.9 Å². The van der Waals surface area contributed by atoms with Crippen molar-refractivity contribution in [1.82, 2.24) is 24.8 Å². The van der Waals surface area contributed by atoms with Gasteiger partial charge in [-0.05, 0) is 55.3 Å². The van der Waals surface area contributed by atoms with E-state index < -0.39 is 0 Å². The maximum Gasteiger partial charge on any atom is 0.319 e. The van der Waals surface area contributed by atoms with Crippen LogP contribution in [0.4, 0.5) is 10.5 Å². The fraction of sp³-hybridized carbons (Fsp3) is 0.182. The summed E-state index contributed by atoms with van der Waals surface area (Å²) in [6.45, 7) is 3.05. The number of carbonyl (C=O) groups excluding carboxylic acids is 1. The van der Waals surface area contributed by atoms with E-state index in [1.807, 2.05) is 43.3 Å². The monoisotopic (exact) mass is 420 g/mol. The maximum absolute atomic E-state index is 12.2. The molecule has 0 aliphatic rings. The number of aromatic nitrogens is 4. The number of benzene rings is 1. The van der Waals surface area contributed by atoms with Gasteiger partial charge < -0.3 is 15.2 Å². The first-order chi connectivity index (χ1) is 14.6. The topological polar surface area (TPSA) is 84.7 Å². The Balaban J connectivity index is 1.42. The van der Waals surface area contributed by atoms with E-state index in [-0.39, 0.29) is 6.03 Å². The van der Waals surface area contributed by atoms with Gasteiger partial charge in [-0.25, -0.2) is 14.8 Å². The van der Waals surface area contributed by atoms with Gasteiger partial charge in [0, 0.05) is 48.0 Å². The minimum absolute atomic E-state index is 0.261. The van der Waals surface area contributed by atoms with Crippen molar-refractivity contribution in [3.63, 3.8) is 0 Å². The lowest BCUT2D eigenvalue weighted by atomic mass is 10.2. The number of anilines is 1. The number of fused-ring (bicyclic) bond motifs is 1. The molecule has 7 nitrogen and oxygen atoms in total. The summed E-state index contributed by atoms with van der Waals surface area (Å²) in [5, 5.41) is 6.35. The summed E-state index contributed by atoms with van der Waals surface area (Å²) in [6, 6.07) is 12.8. The average Bonchev–Trinajstić information content (AvgIpc) is 3.14. The van der Waals surface area contributed by atoms with Crippen molar-refractivity contribution in [1.29, 1.82) is 0 Å². The van der Waals surface area contributed by atoms with E-state index in [4.69, 9.17) is 16.6 Å². The van der Waals surface area contributed by atoms with Crippen molar-refractivity contribution in [2.45, 2.75) is 19.9 Å². The van der Waals surface area contributed by atoms with Crippen LogP contribution in [0.1, 0.15) is 12.0 Å². The highest BCUT2D eigenvalue weighted by molar-refractivity contribution is 6.31. The molecule has 30 heavy (non-hydrogen) atoms. The lowest BCUT2D eigenvalue weighted by Crippen LogP contribution is -2.30. The van der Waals surface area contributed by atoms with Crippen LogP contribution in [-0.4, -0.2) is 32.1 Å². The molecule has 0 saturated carbocycles. The van der Waals surface area contributed by atoms with E-state index in [0.717, 1.165) is 34.5 Å². The van der Waals surface area contributed by atoms with Gasteiger partial charge in [0.2, 0.25) is 0 Å². The zero-order chi connectivity index (χ0) is 20.9. The third kappa shape index (κ3) is 4.26. The van der Waals surface area contributed by atoms with Crippen LogP contribution in [0.15, 0.2) is 61.1 Å². The second-order valence-electron chi connectivity index (χ2n) is 6.82. The highest BCUT2D eigenvalue weighted by Gasteiger charge is 2.13. The van der Waals surface area contributed by atoms with Gasteiger partial charge in [0.1, 0.15) is 11.3 Å². The van der Waals surface area contributed by atoms with Crippen LogP contribution in [-0.2, 0) is 6.54 Å². The molecule has 0 radical (unpaired) electrons. The first-order valence-corrected chi connectivity index (χ1v) is 10.0. The first-order valence-electron chi connectivity index (χ1n) is 9.65. The molecule has 0 unspecified atom stereocenters. The molecule has 2 amide bonds. The molecule has 1 aromatic carbocycles. The fourth-order valence-corrected chi connectivity index (χ4v) is 3.41. The Hall–Kier alpha value is -3.45. The van der Waals surface area contributed by atoms with Crippen molar-refractivity contribution >= 4 is 34.5 Å². The highest BCUT2D eigenvalue weighted by Crippen LogP contribution is 2.24. The van der Waals surface area contributed by atoms with Crippen molar-refractivity contribution in [3.8, 4) is 11.4 Å². The summed E-state index contributed by atoms with van der Waals surface area (Å²) >= 11 is 6.10. The molecule has 152 valence electrons. The number of urea groups is 1. The smallest absolute Gasteiger partial charge is 0.319 e. The molecule has 8 heteroatoms. The van der Waals surface area contributed by atoms with Crippen LogP contribution >= 0.6 is 11.6 Å². The summed E-state index contributed by atoms with van der Waals surface area (Å²) in [5.74, 6) is 0.838. The number of rotatable bonds is 6. The molecule has 0 spiro atoms. The van der Waals surface area contributed by atoms with E-state index >= 15 is 0 Å². The number of nitrogens with zero attached hydrogens (tertiary/aromatic N) is 4. The van der Waals surface area contributed by atoms with E-state index in [9.17, 15) is 4.79 Å². The Morgan fingerprint density at radius 3 is 2.77 bits per heavy atom. The quantitative estimate of drug-likeness (QED) is 0.444. The van der Waals surface area contributed by atoms with Crippen LogP contribution < -0.4 is 10.6 Å². The summed E-state index contributed by atoms with van der Waals surface area (Å²) in [7, 11) is 0. The largest absolute Gasteiger partial charge is 0.338 e. The van der Waals surface area contributed by atoms with E-state index in [2.05, 4.69) is 25.2 Å². The van der Waals surface area contributed by atoms with Gasteiger partial charge in [-0.2, -0.15) is 0 Å². The summed E-state index contributed by atoms with van der Waals surface area (Å²) in [5.41, 5.74) is 4.18. The van der Waals surface area contributed by atoms with Crippen LogP contribution in [0.3, 0.4) is 0 Å². The molecule has 0 atom stereocenters. The predicted molar refractivity (Wildman–Crippen MR) is 119 cm³/mol. The third-order valence-corrected chi connectivity index (χ3v) is 5.21. The normalized spacial score (nSPS) is 10.9. The fourth-order valence-electron chi connectivity index (χ4n) is 3.24. The standard InChI is InChI=1S/C22H21ClN6O/c1-15-17(23)5-2-6-18(15)28-22(30)26-11-4-14-29-20(16-8-12-24-13-9-16)27-19-7-3-10-25-21(19)29/h2-3,5-10,12-13H,4,11,14H2,1H3,(H2,26,28,30).